The van der Waals surface area contributed by atoms with Gasteiger partial charge in [0.2, 0.25) is 0 Å². The minimum absolute atomic E-state index is 0.133. The summed E-state index contributed by atoms with van der Waals surface area (Å²) in [5.41, 5.74) is 0. The molecule has 0 aliphatic rings. The fraction of sp³-hybridized carbons (Fsp3) is 0.857. The molecule has 0 aromatic rings. The van der Waals surface area contributed by atoms with E-state index in [0.717, 1.165) is 11.9 Å². The van der Waals surface area contributed by atoms with Crippen LogP contribution in [0, 0.1) is 4.91 Å². The van der Waals surface area contributed by atoms with Gasteiger partial charge >= 0.3 is 0 Å². The van der Waals surface area contributed by atoms with Gasteiger partial charge in [-0.2, -0.15) is 0 Å². The normalized spacial score (nSPS) is 13.8. The monoisotopic (exact) mass is 206 g/mol. The first-order chi connectivity index (χ1) is 5.85. The van der Waals surface area contributed by atoms with Crippen LogP contribution in [0.15, 0.2) is 4.58 Å². The first kappa shape index (κ1) is 12.4. The van der Waals surface area contributed by atoms with Crippen LogP contribution in [0.3, 0.4) is 0 Å². The summed E-state index contributed by atoms with van der Waals surface area (Å²) < 4.78 is 3.24. The highest BCUT2D eigenvalue weighted by atomic mass is 32.2. The lowest BCUT2D eigenvalue weighted by Crippen LogP contribution is -2.42. The molecule has 0 heterocycles. The average molecular weight is 206 g/mol. The Hall–Kier alpha value is -0.620. The van der Waals surface area contributed by atoms with E-state index in [1.807, 2.05) is 21.1 Å². The lowest BCUT2D eigenvalue weighted by Gasteiger charge is -2.27. The van der Waals surface area contributed by atoms with Gasteiger partial charge in [-0.05, 0) is 0 Å². The van der Waals surface area contributed by atoms with Crippen LogP contribution in [0.5, 0.6) is 0 Å². The van der Waals surface area contributed by atoms with Gasteiger partial charge in [0.1, 0.15) is 0 Å². The molecule has 0 aliphatic heterocycles. The van der Waals surface area contributed by atoms with E-state index in [0.29, 0.717) is 11.0 Å². The lowest BCUT2D eigenvalue weighted by molar-refractivity contribution is -0.869. The molecule has 0 bridgehead atoms. The maximum absolute atomic E-state index is 10.3. The zero-order chi connectivity index (χ0) is 10.5. The van der Waals surface area contributed by atoms with E-state index >= 15 is 0 Å². The number of carbonyl (C=O) groups excluding carboxylic acids is 1. The molecule has 0 rings (SSSR count). The largest absolute Gasteiger partial charge is 0.550 e. The Kier molecular flexibility index (Phi) is 4.94. The third-order valence-electron chi connectivity index (χ3n) is 1.34. The highest BCUT2D eigenvalue weighted by molar-refractivity contribution is 7.98. The molecule has 5 nitrogen and oxygen atoms in total. The van der Waals surface area contributed by atoms with Crippen molar-refractivity contribution < 1.29 is 14.4 Å². The molecule has 76 valence electrons. The van der Waals surface area contributed by atoms with Crippen molar-refractivity contribution in [2.45, 2.75) is 11.7 Å². The molecule has 0 aliphatic carbocycles. The van der Waals surface area contributed by atoms with Gasteiger partial charge in [-0.15, -0.1) is 4.91 Å². The van der Waals surface area contributed by atoms with Crippen LogP contribution in [0.25, 0.3) is 0 Å². The van der Waals surface area contributed by atoms with Gasteiger partial charge in [0, 0.05) is 28.9 Å². The number of nitroso groups, excluding NO2 is 1. The van der Waals surface area contributed by atoms with Crippen LogP contribution in [-0.4, -0.2) is 43.4 Å². The fourth-order valence-corrected chi connectivity index (χ4v) is 1.84. The van der Waals surface area contributed by atoms with Crippen molar-refractivity contribution in [2.24, 2.45) is 4.58 Å². The van der Waals surface area contributed by atoms with Crippen molar-refractivity contribution >= 4 is 17.9 Å². The van der Waals surface area contributed by atoms with Gasteiger partial charge in [0.05, 0.1) is 32.9 Å². The summed E-state index contributed by atoms with van der Waals surface area (Å²) in [5.74, 6) is -1.14. The molecule has 0 N–H and O–H groups in total. The number of carboxylic acids is 1. The smallest absolute Gasteiger partial charge is 0.0924 e. The van der Waals surface area contributed by atoms with Gasteiger partial charge in [-0.1, -0.05) is 0 Å². The lowest BCUT2D eigenvalue weighted by atomic mass is 10.3. The molecule has 1 atom stereocenters. The predicted octanol–water partition coefficient (Wildman–Crippen LogP) is -0.384. The zero-order valence-corrected chi connectivity index (χ0v) is 8.84. The van der Waals surface area contributed by atoms with Crippen molar-refractivity contribution in [1.82, 2.24) is 0 Å². The molecule has 0 aromatic heterocycles. The highest BCUT2D eigenvalue weighted by Gasteiger charge is 2.19. The minimum atomic E-state index is -1.14. The summed E-state index contributed by atoms with van der Waals surface area (Å²) in [5, 5.41) is 9.99. The second kappa shape index (κ2) is 5.18. The number of rotatable bonds is 6. The number of hydrogen-bond donors (Lipinski definition) is 0. The third kappa shape index (κ3) is 7.73. The molecule has 0 fully saturated rings. The van der Waals surface area contributed by atoms with E-state index in [1.165, 1.54) is 0 Å². The van der Waals surface area contributed by atoms with Gasteiger partial charge in [0.15, 0.2) is 0 Å². The highest BCUT2D eigenvalue weighted by Crippen LogP contribution is 2.17. The summed E-state index contributed by atoms with van der Waals surface area (Å²) in [4.78, 5) is 20.3. The fourth-order valence-electron chi connectivity index (χ4n) is 0.993. The van der Waals surface area contributed by atoms with Crippen molar-refractivity contribution in [2.75, 3.05) is 27.7 Å². The average Bonchev–Trinajstić information content (AvgIpc) is 1.81. The molecule has 0 spiro atoms. The summed E-state index contributed by atoms with van der Waals surface area (Å²) >= 11 is 0.765. The molecule has 0 saturated heterocycles. The van der Waals surface area contributed by atoms with E-state index in [2.05, 4.69) is 4.58 Å². The van der Waals surface area contributed by atoms with Crippen molar-refractivity contribution in [3.05, 3.63) is 4.91 Å². The number of nitrogens with zero attached hydrogens (tertiary/aromatic N) is 2. The Labute approximate surface area is 81.8 Å². The SMILES string of the molecule is C[N+](C)(C)CC(CC(=O)[O-])SN=O. The van der Waals surface area contributed by atoms with Gasteiger partial charge in [-0.25, -0.2) is 0 Å². The van der Waals surface area contributed by atoms with E-state index < -0.39 is 5.97 Å². The predicted molar refractivity (Wildman–Crippen MR) is 49.7 cm³/mol. The second-order valence-electron chi connectivity index (χ2n) is 3.85. The Morgan fingerprint density at radius 1 is 1.54 bits per heavy atom. The Morgan fingerprint density at radius 3 is 2.38 bits per heavy atom. The first-order valence-corrected chi connectivity index (χ1v) is 4.67. The van der Waals surface area contributed by atoms with Crippen molar-refractivity contribution in [3.63, 3.8) is 0 Å². The van der Waals surface area contributed by atoms with Gasteiger partial charge in [-0.3, -0.25) is 0 Å². The molecular weight excluding hydrogens is 192 g/mol. The maximum Gasteiger partial charge on any atom is 0.0924 e. The number of aliphatic carboxylic acids is 1. The number of hydrogen-bond acceptors (Lipinski definition) is 5. The second-order valence-corrected chi connectivity index (χ2v) is 4.88. The first-order valence-electron chi connectivity index (χ1n) is 3.84. The van der Waals surface area contributed by atoms with Crippen LogP contribution in [0.1, 0.15) is 6.42 Å². The van der Waals surface area contributed by atoms with Crippen LogP contribution < -0.4 is 5.11 Å². The van der Waals surface area contributed by atoms with Crippen LogP contribution in [-0.2, 0) is 4.79 Å². The van der Waals surface area contributed by atoms with E-state index in [-0.39, 0.29) is 11.7 Å². The maximum atomic E-state index is 10.3. The van der Waals surface area contributed by atoms with Crippen molar-refractivity contribution in [1.29, 1.82) is 0 Å². The number of quaternary nitrogens is 1. The number of carboxylic acid groups (broad SMARTS) is 1. The minimum Gasteiger partial charge on any atom is -0.550 e. The topological polar surface area (TPSA) is 69.6 Å². The Balaban J connectivity index is 4.09. The molecule has 0 amide bonds. The molecule has 6 heteroatoms. The summed E-state index contributed by atoms with van der Waals surface area (Å²) in [6.07, 6.45) is -0.133. The van der Waals surface area contributed by atoms with Gasteiger partial charge in [0.25, 0.3) is 0 Å². The molecule has 0 saturated carbocycles. The summed E-state index contributed by atoms with van der Waals surface area (Å²) in [6.45, 7) is 0.574. The number of carbonyl (C=O) groups is 1. The molecule has 0 radical (unpaired) electrons. The van der Waals surface area contributed by atoms with Crippen LogP contribution in [0.2, 0.25) is 0 Å². The molecular formula is C7H14N2O3S. The van der Waals surface area contributed by atoms with Crippen LogP contribution in [0.4, 0.5) is 0 Å². The molecule has 0 aromatic carbocycles. The summed E-state index contributed by atoms with van der Waals surface area (Å²) in [6, 6.07) is 0. The summed E-state index contributed by atoms with van der Waals surface area (Å²) in [7, 11) is 5.77. The van der Waals surface area contributed by atoms with E-state index in [1.54, 1.807) is 0 Å². The van der Waals surface area contributed by atoms with E-state index in [9.17, 15) is 14.8 Å². The quantitative estimate of drug-likeness (QED) is 0.337. The van der Waals surface area contributed by atoms with Gasteiger partial charge < -0.3 is 14.4 Å². The van der Waals surface area contributed by atoms with E-state index in [4.69, 9.17) is 0 Å². The Morgan fingerprint density at radius 2 is 2.08 bits per heavy atom. The Bertz CT molecular complexity index is 191. The third-order valence-corrected chi connectivity index (χ3v) is 2.04. The van der Waals surface area contributed by atoms with Crippen molar-refractivity contribution in [3.8, 4) is 0 Å². The zero-order valence-electron chi connectivity index (χ0n) is 8.02. The molecule has 13 heavy (non-hydrogen) atoms. The molecule has 1 unspecified atom stereocenters. The van der Waals surface area contributed by atoms with Crippen LogP contribution >= 0.6 is 11.9 Å². The standard InChI is InChI=1S/C7H14N2O3S/c1-9(2,3)5-6(13-8-12)4-7(10)11/h6H,4-5H2,1-3H3.